The first-order valence-corrected chi connectivity index (χ1v) is 9.20. The molecule has 0 radical (unpaired) electrons. The van der Waals surface area contributed by atoms with Crippen LogP contribution < -0.4 is 10.6 Å². The van der Waals surface area contributed by atoms with Crippen LogP contribution in [0.1, 0.15) is 13.8 Å². The second-order valence-corrected chi connectivity index (χ2v) is 7.00. The number of benzene rings is 1. The summed E-state index contributed by atoms with van der Waals surface area (Å²) in [5, 5.41) is 16.3. The molecule has 1 aromatic carbocycles. The molecule has 1 saturated heterocycles. The first-order valence-electron chi connectivity index (χ1n) is 8.82. The zero-order chi connectivity index (χ0) is 19.1. The molecule has 144 valence electrons. The van der Waals surface area contributed by atoms with Crippen LogP contribution in [0.2, 0.25) is 5.02 Å². The van der Waals surface area contributed by atoms with E-state index >= 15 is 0 Å². The molecule has 1 fully saturated rings. The number of rotatable bonds is 7. The van der Waals surface area contributed by atoms with Gasteiger partial charge < -0.3 is 20.4 Å². The molecule has 0 saturated carbocycles. The summed E-state index contributed by atoms with van der Waals surface area (Å²) in [4.78, 5) is 27.1. The van der Waals surface area contributed by atoms with Gasteiger partial charge in [-0.25, -0.2) is 4.79 Å². The van der Waals surface area contributed by atoms with Crippen molar-refractivity contribution in [1.29, 1.82) is 0 Å². The van der Waals surface area contributed by atoms with Crippen molar-refractivity contribution in [3.63, 3.8) is 0 Å². The number of amides is 2. The summed E-state index contributed by atoms with van der Waals surface area (Å²) < 4.78 is 0. The van der Waals surface area contributed by atoms with E-state index in [4.69, 9.17) is 11.6 Å². The van der Waals surface area contributed by atoms with E-state index < -0.39 is 4.92 Å². The van der Waals surface area contributed by atoms with Crippen LogP contribution in [0, 0.1) is 16.0 Å². The van der Waals surface area contributed by atoms with Gasteiger partial charge in [-0.3, -0.25) is 10.1 Å². The predicted octanol–water partition coefficient (Wildman–Crippen LogP) is 2.64. The molecule has 1 unspecified atom stereocenters. The van der Waals surface area contributed by atoms with Crippen molar-refractivity contribution in [2.45, 2.75) is 13.8 Å². The van der Waals surface area contributed by atoms with Crippen LogP contribution in [0.25, 0.3) is 0 Å². The average molecular weight is 384 g/mol. The minimum absolute atomic E-state index is 0.113. The Labute approximate surface area is 158 Å². The maximum atomic E-state index is 12.0. The SMILES string of the molecule is CCN1CCN(CC(C)CNC(=O)Nc2ccc([N+](=O)[O-])cc2Cl)CC1. The molecular weight excluding hydrogens is 358 g/mol. The highest BCUT2D eigenvalue weighted by molar-refractivity contribution is 6.33. The number of likely N-dealkylation sites (N-methyl/N-ethyl adjacent to an activating group) is 1. The summed E-state index contributed by atoms with van der Waals surface area (Å²) in [5.41, 5.74) is 0.232. The minimum atomic E-state index is -0.530. The van der Waals surface area contributed by atoms with Gasteiger partial charge in [-0.1, -0.05) is 25.4 Å². The molecule has 0 aromatic heterocycles. The number of nitrogens with zero attached hydrogens (tertiary/aromatic N) is 3. The molecule has 26 heavy (non-hydrogen) atoms. The molecule has 1 aliphatic rings. The first-order chi connectivity index (χ1) is 12.4. The van der Waals surface area contributed by atoms with Gasteiger partial charge in [0, 0.05) is 51.4 Å². The zero-order valence-corrected chi connectivity index (χ0v) is 16.0. The third-order valence-corrected chi connectivity index (χ3v) is 4.82. The summed E-state index contributed by atoms with van der Waals surface area (Å²) in [7, 11) is 0. The molecule has 0 aliphatic carbocycles. The lowest BCUT2D eigenvalue weighted by molar-refractivity contribution is -0.384. The molecule has 1 heterocycles. The second-order valence-electron chi connectivity index (χ2n) is 6.60. The quantitative estimate of drug-likeness (QED) is 0.558. The van der Waals surface area contributed by atoms with Crippen LogP contribution in [-0.4, -0.2) is 66.6 Å². The van der Waals surface area contributed by atoms with Crippen LogP contribution in [0.3, 0.4) is 0 Å². The number of piperazine rings is 1. The Morgan fingerprint density at radius 2 is 1.96 bits per heavy atom. The number of nitrogens with one attached hydrogen (secondary N) is 2. The number of carbonyl (C=O) groups excluding carboxylic acids is 1. The molecule has 1 atom stereocenters. The molecular formula is C17H26ClN5O3. The van der Waals surface area contributed by atoms with Crippen molar-refractivity contribution >= 4 is 29.0 Å². The molecule has 1 aliphatic heterocycles. The molecule has 2 rings (SSSR count). The highest BCUT2D eigenvalue weighted by atomic mass is 35.5. The standard InChI is InChI=1S/C17H26ClN5O3/c1-3-21-6-8-22(9-7-21)12-13(2)11-19-17(24)20-16-5-4-14(23(25)26)10-15(16)18/h4-5,10,13H,3,6-9,11-12H2,1-2H3,(H2,19,20,24). The number of hydrogen-bond donors (Lipinski definition) is 2. The fourth-order valence-corrected chi connectivity index (χ4v) is 3.17. The van der Waals surface area contributed by atoms with Crippen molar-refractivity contribution in [1.82, 2.24) is 15.1 Å². The number of nitro benzene ring substituents is 1. The fourth-order valence-electron chi connectivity index (χ4n) is 2.95. The van der Waals surface area contributed by atoms with E-state index in [1.165, 1.54) is 18.2 Å². The van der Waals surface area contributed by atoms with E-state index in [1.54, 1.807) is 0 Å². The van der Waals surface area contributed by atoms with Crippen molar-refractivity contribution in [2.75, 3.05) is 51.1 Å². The van der Waals surface area contributed by atoms with Crippen molar-refractivity contribution in [3.05, 3.63) is 33.3 Å². The number of non-ortho nitro benzene ring substituents is 1. The van der Waals surface area contributed by atoms with Gasteiger partial charge in [0.05, 0.1) is 15.6 Å². The van der Waals surface area contributed by atoms with Crippen LogP contribution >= 0.6 is 11.6 Å². The molecule has 2 amide bonds. The zero-order valence-electron chi connectivity index (χ0n) is 15.2. The fraction of sp³-hybridized carbons (Fsp3) is 0.588. The van der Waals surface area contributed by atoms with Gasteiger partial charge in [-0.2, -0.15) is 0 Å². The van der Waals surface area contributed by atoms with Crippen molar-refractivity contribution < 1.29 is 9.72 Å². The van der Waals surface area contributed by atoms with E-state index in [2.05, 4.69) is 34.3 Å². The Kier molecular flexibility index (Phi) is 7.62. The number of halogens is 1. The third kappa shape index (κ3) is 6.12. The van der Waals surface area contributed by atoms with Gasteiger partial charge in [0.1, 0.15) is 0 Å². The largest absolute Gasteiger partial charge is 0.338 e. The average Bonchev–Trinajstić information content (AvgIpc) is 2.62. The monoisotopic (exact) mass is 383 g/mol. The van der Waals surface area contributed by atoms with Gasteiger partial charge in [-0.05, 0) is 18.5 Å². The van der Waals surface area contributed by atoms with Gasteiger partial charge in [0.2, 0.25) is 0 Å². The molecule has 9 heteroatoms. The van der Waals surface area contributed by atoms with Crippen LogP contribution in [-0.2, 0) is 0 Å². The second kappa shape index (κ2) is 9.70. The predicted molar refractivity (Wildman–Crippen MR) is 103 cm³/mol. The van der Waals surface area contributed by atoms with E-state index in [0.717, 1.165) is 39.3 Å². The molecule has 8 nitrogen and oxygen atoms in total. The molecule has 2 N–H and O–H groups in total. The molecule has 0 spiro atoms. The lowest BCUT2D eigenvalue weighted by Crippen LogP contribution is -2.48. The number of hydrogen-bond acceptors (Lipinski definition) is 5. The highest BCUT2D eigenvalue weighted by Crippen LogP contribution is 2.26. The number of anilines is 1. The van der Waals surface area contributed by atoms with Crippen LogP contribution in [0.4, 0.5) is 16.2 Å². The van der Waals surface area contributed by atoms with Crippen LogP contribution in [0.15, 0.2) is 18.2 Å². The number of urea groups is 1. The topological polar surface area (TPSA) is 90.8 Å². The number of carbonyl (C=O) groups is 1. The summed E-state index contributed by atoms with van der Waals surface area (Å²) in [6, 6.07) is 3.58. The van der Waals surface area contributed by atoms with Gasteiger partial charge >= 0.3 is 6.03 Å². The van der Waals surface area contributed by atoms with Gasteiger partial charge in [-0.15, -0.1) is 0 Å². The maximum Gasteiger partial charge on any atom is 0.319 e. The highest BCUT2D eigenvalue weighted by Gasteiger charge is 2.18. The minimum Gasteiger partial charge on any atom is -0.338 e. The summed E-state index contributed by atoms with van der Waals surface area (Å²) in [5.74, 6) is 0.321. The van der Waals surface area contributed by atoms with Crippen molar-refractivity contribution in [2.24, 2.45) is 5.92 Å². The van der Waals surface area contributed by atoms with E-state index in [1.807, 2.05) is 0 Å². The Morgan fingerprint density at radius 1 is 1.31 bits per heavy atom. The smallest absolute Gasteiger partial charge is 0.319 e. The van der Waals surface area contributed by atoms with Gasteiger partial charge in [0.25, 0.3) is 5.69 Å². The Morgan fingerprint density at radius 3 is 2.54 bits per heavy atom. The van der Waals surface area contributed by atoms with Crippen molar-refractivity contribution in [3.8, 4) is 0 Å². The summed E-state index contributed by atoms with van der Waals surface area (Å²) >= 11 is 5.98. The molecule has 1 aromatic rings. The van der Waals surface area contributed by atoms with E-state index in [9.17, 15) is 14.9 Å². The maximum absolute atomic E-state index is 12.0. The first kappa shape index (κ1) is 20.4. The Bertz CT molecular complexity index is 635. The van der Waals surface area contributed by atoms with E-state index in [-0.39, 0.29) is 16.7 Å². The summed E-state index contributed by atoms with van der Waals surface area (Å²) in [6.07, 6.45) is 0. The Hall–Kier alpha value is -1.90. The number of nitro groups is 1. The third-order valence-electron chi connectivity index (χ3n) is 4.50. The normalized spacial score (nSPS) is 16.9. The van der Waals surface area contributed by atoms with Crippen LogP contribution in [0.5, 0.6) is 0 Å². The van der Waals surface area contributed by atoms with Gasteiger partial charge in [0.15, 0.2) is 0 Å². The van der Waals surface area contributed by atoms with E-state index in [0.29, 0.717) is 18.2 Å². The lowest BCUT2D eigenvalue weighted by atomic mass is 10.1. The molecule has 0 bridgehead atoms. The lowest BCUT2D eigenvalue weighted by Gasteiger charge is -2.35. The summed E-state index contributed by atoms with van der Waals surface area (Å²) in [6.45, 7) is 11.2. The Balaban J connectivity index is 1.74.